The van der Waals surface area contributed by atoms with E-state index >= 15 is 0 Å². The molecule has 3 aromatic carbocycles. The molecule has 40 heteroatoms. The molecule has 146 heavy (non-hydrogen) atoms. The van der Waals surface area contributed by atoms with Gasteiger partial charge >= 0.3 is 23.5 Å². The van der Waals surface area contributed by atoms with Crippen LogP contribution in [0.3, 0.4) is 0 Å². The number of ether oxygens (including phenoxy) is 8. The second-order valence-corrected chi connectivity index (χ2v) is 38.8. The van der Waals surface area contributed by atoms with Crippen LogP contribution in [0.2, 0.25) is 0 Å². The van der Waals surface area contributed by atoms with E-state index in [0.29, 0.717) is 141 Å². The highest BCUT2D eigenvalue weighted by Crippen LogP contribution is 2.56. The van der Waals surface area contributed by atoms with Crippen molar-refractivity contribution < 1.29 is 146 Å². The molecule has 2 saturated heterocycles. The van der Waals surface area contributed by atoms with Crippen LogP contribution in [-0.2, 0) is 76.4 Å². The Kier molecular flexibility index (Phi) is 40.9. The summed E-state index contributed by atoms with van der Waals surface area (Å²) in [5.74, 6) is -18.3. The van der Waals surface area contributed by atoms with Gasteiger partial charge in [-0.05, 0) is 76.4 Å². The minimum absolute atomic E-state index is 0.0305. The van der Waals surface area contributed by atoms with Crippen LogP contribution in [0, 0.1) is 73.0 Å². The number of phenols is 4. The standard InChI is InChI=1S/C53H71N5O15.C53H69N5O15/c2*1-28-17-23-71-53(10)51(68)42-40-41(46(65)35(8)50(42)73-53)48(67)43(56-52(69)30(3)14-11-13-29(2)44(63)33(6)45(64)34(7)49(32(28)5)72-36(9)61)38(47(40)66)25-54-58-20-18-57(19-21-58)22-24-70-31(4)15-12-16-39(62)55-37(26-59)27-60/h11,13-14,17,23,25-29,32-34,37,44-45,49,63-67H,4,12,15-16,18-22,24H2,1-3,5-10H3,(H,55,62)(H,56,69);11,13-14,17,23,25-29,32-34,37,44-45,49,63-65H,4,12,15-16,18-22,24H2,1-3,5-10H3,(H,55,62)(H,56,69)/b2*13-11+,23-17+,30-14-,54-25-/t2*28-,29-,32+,33+,34+,44-,45+,49+,53-/m00/s1. The number of carbonyl (C=O) groups is 14. The van der Waals surface area contributed by atoms with Gasteiger partial charge in [-0.1, -0.05) is 119 Å². The number of aldehydes is 4. The van der Waals surface area contributed by atoms with Crippen LogP contribution in [0.5, 0.6) is 34.5 Å². The number of esters is 2. The summed E-state index contributed by atoms with van der Waals surface area (Å²) in [5, 5.41) is 115. The van der Waals surface area contributed by atoms with Crippen LogP contribution >= 0.6 is 0 Å². The number of hydrogen-bond acceptors (Lipinski definition) is 36. The fourth-order valence-corrected chi connectivity index (χ4v) is 18.3. The molecular formula is C106H140N10O30. The second-order valence-electron chi connectivity index (χ2n) is 38.8. The Balaban J connectivity index is 0.000000325. The molecular weight excluding hydrogens is 1890 g/mol. The normalized spacial score (nSPS) is 28.4. The Labute approximate surface area is 848 Å². The number of aliphatic hydroxyl groups excluding tert-OH is 4. The lowest BCUT2D eigenvalue weighted by molar-refractivity contribution is -0.159. The maximum Gasteiger partial charge on any atom is 0.312 e. The zero-order valence-electron chi connectivity index (χ0n) is 86.0. The van der Waals surface area contributed by atoms with Crippen molar-refractivity contribution in [1.82, 2.24) is 35.8 Å². The highest BCUT2D eigenvalue weighted by atomic mass is 16.7. The molecule has 9 aliphatic rings. The van der Waals surface area contributed by atoms with Crippen molar-refractivity contribution in [1.29, 1.82) is 0 Å². The molecule has 12 rings (SSSR count). The zero-order chi connectivity index (χ0) is 108. The molecule has 0 unspecified atom stereocenters. The number of hydrazone groups is 2. The molecule has 3 aromatic rings. The van der Waals surface area contributed by atoms with Crippen LogP contribution in [-0.4, -0.2) is 296 Å². The molecule has 2 fully saturated rings. The van der Waals surface area contributed by atoms with Gasteiger partial charge in [0, 0.05) is 182 Å². The van der Waals surface area contributed by atoms with Crippen molar-refractivity contribution >= 4 is 113 Å². The summed E-state index contributed by atoms with van der Waals surface area (Å²) >= 11 is 0. The quantitative estimate of drug-likeness (QED) is 0.00614. The van der Waals surface area contributed by atoms with Crippen molar-refractivity contribution in [2.45, 2.75) is 223 Å². The summed E-state index contributed by atoms with van der Waals surface area (Å²) in [4.78, 5) is 183. The molecule has 0 saturated carbocycles. The third-order valence-corrected chi connectivity index (χ3v) is 28.1. The van der Waals surface area contributed by atoms with Crippen LogP contribution in [0.15, 0.2) is 118 Å². The maximum absolute atomic E-state index is 14.9. The Bertz CT molecular complexity index is 5720. The second kappa shape index (κ2) is 51.5. The van der Waals surface area contributed by atoms with E-state index in [1.54, 1.807) is 88.0 Å². The lowest BCUT2D eigenvalue weighted by Gasteiger charge is -2.37. The fraction of sp³-hybridized carbons (Fsp3) is 0.528. The van der Waals surface area contributed by atoms with E-state index in [9.17, 15) is 108 Å². The predicted octanol–water partition coefficient (Wildman–Crippen LogP) is 8.72. The molecule has 12 N–H and O–H groups in total. The third kappa shape index (κ3) is 27.8. The molecule has 0 aromatic heterocycles. The highest BCUT2D eigenvalue weighted by molar-refractivity contribution is 6.38. The van der Waals surface area contributed by atoms with Gasteiger partial charge in [-0.2, -0.15) is 10.2 Å². The molecule has 8 heterocycles. The topological polar surface area (TPSA) is 560 Å². The number of nitrogens with zero attached hydrogens (tertiary/aromatic N) is 6. The number of benzene rings is 3. The number of phenolic OH excluding ortho intramolecular Hbond substituents is 4. The van der Waals surface area contributed by atoms with Crippen LogP contribution in [0.4, 0.5) is 5.69 Å². The lowest BCUT2D eigenvalue weighted by atomic mass is 9.77. The zero-order valence-corrected chi connectivity index (χ0v) is 86.0. The molecule has 40 nitrogen and oxygen atoms in total. The number of rotatable bonds is 28. The number of hydrogen-bond donors (Lipinski definition) is 12. The van der Waals surface area contributed by atoms with E-state index in [1.807, 2.05) is 27.7 Å². The molecule has 0 radical (unpaired) electrons. The van der Waals surface area contributed by atoms with Crippen molar-refractivity contribution in [2.75, 3.05) is 84.0 Å². The van der Waals surface area contributed by atoms with E-state index in [0.717, 1.165) is 6.21 Å². The largest absolute Gasteiger partial charge is 0.507 e. The smallest absolute Gasteiger partial charge is 0.312 e. The van der Waals surface area contributed by atoms with Gasteiger partial charge in [-0.25, -0.2) is 0 Å². The van der Waals surface area contributed by atoms with E-state index in [4.69, 9.17) is 37.9 Å². The van der Waals surface area contributed by atoms with Gasteiger partial charge in [0.15, 0.2) is 11.5 Å². The van der Waals surface area contributed by atoms with Gasteiger partial charge in [0.25, 0.3) is 23.4 Å². The molecule has 18 atom stereocenters. The number of piperazine rings is 2. The van der Waals surface area contributed by atoms with Crippen molar-refractivity contribution in [3.05, 3.63) is 147 Å². The molecule has 0 spiro atoms. The highest BCUT2D eigenvalue weighted by Gasteiger charge is 2.54. The minimum Gasteiger partial charge on any atom is -0.507 e. The predicted molar refractivity (Wildman–Crippen MR) is 537 cm³/mol. The Morgan fingerprint density at radius 1 is 0.486 bits per heavy atom. The number of allylic oxidation sites excluding steroid dienone is 10. The number of carbonyl (C=O) groups excluding carboxylic acids is 14. The van der Waals surface area contributed by atoms with E-state index < -0.39 is 212 Å². The van der Waals surface area contributed by atoms with Crippen LogP contribution in [0.25, 0.3) is 10.8 Å². The third-order valence-electron chi connectivity index (χ3n) is 28.1. The SMILES string of the molecule is C=C(CCCC(=O)NC(C=O)C=O)OCCN1CCN(/N=C\C2=C3NC(=O)/C(C)=C\C=C\[C@H](C)[C@H](O)[C@@H](C)[C@@H](O)[C@@H](C)[C@H](OC(C)=O)[C@H](C)[C@@H](C)/C=C/O[C@@]4(C)Oc5c(C)c(O)c(c(c5C4=O)C2=O)C3=O)CC1.C=C(CCCC(=O)NC(C=O)C=O)OCCN1CCN(/N=C\c2c3c(O)c4c(O)c(C)c5c(c4c2O)C(=O)[C@@](C)(O/C=C/[C@H](C)[C@@H](C)[C@@H](OC(C)=O)[C@H](C)[C@H](O)[C@H](C)[C@@H](O)[C@@H](C)/C=C/C=C(/C)C(=O)N3)O5)CC1. The van der Waals surface area contributed by atoms with Crippen molar-refractivity contribution in [3.63, 3.8) is 0 Å². The van der Waals surface area contributed by atoms with Gasteiger partial charge in [0.2, 0.25) is 17.6 Å². The molecule has 8 aliphatic heterocycles. The maximum atomic E-state index is 14.9. The summed E-state index contributed by atoms with van der Waals surface area (Å²) in [6, 6.07) is -2.36. The summed E-state index contributed by atoms with van der Waals surface area (Å²) in [6.07, 6.45) is 14.7. The number of fused-ring (bicyclic) bond motifs is 28. The number of ketones is 4. The number of amides is 4. The van der Waals surface area contributed by atoms with Gasteiger partial charge in [-0.15, -0.1) is 0 Å². The average Bonchev–Trinajstić information content (AvgIpc) is 1.51. The average molecular weight is 2030 g/mol. The summed E-state index contributed by atoms with van der Waals surface area (Å²) in [5.41, 5.74) is -2.59. The van der Waals surface area contributed by atoms with E-state index in [1.165, 1.54) is 86.3 Å². The van der Waals surface area contributed by atoms with Gasteiger partial charge in [0.1, 0.15) is 97.1 Å². The van der Waals surface area contributed by atoms with Crippen molar-refractivity contribution in [3.8, 4) is 34.5 Å². The van der Waals surface area contributed by atoms with Crippen LogP contribution in [0.1, 0.15) is 207 Å². The minimum atomic E-state index is -2.09. The van der Waals surface area contributed by atoms with E-state index in [-0.39, 0.29) is 91.3 Å². The summed E-state index contributed by atoms with van der Waals surface area (Å²) < 4.78 is 47.4. The first-order valence-electron chi connectivity index (χ1n) is 49.0. The summed E-state index contributed by atoms with van der Waals surface area (Å²) in [7, 11) is 0. The number of nitrogens with one attached hydrogen (secondary N) is 4. The number of aromatic hydroxyl groups is 4. The van der Waals surface area contributed by atoms with E-state index in [2.05, 4.69) is 54.4 Å². The number of Topliss-reactive ketones (excluding diaryl/α,β-unsaturated/α-hetero) is 4. The molecule has 4 amide bonds. The Morgan fingerprint density at radius 2 is 0.890 bits per heavy atom. The fourth-order valence-electron chi connectivity index (χ4n) is 18.3. The molecule has 10 bridgehead atoms. The molecule has 1 aliphatic carbocycles. The first kappa shape index (κ1) is 116. The van der Waals surface area contributed by atoms with Gasteiger partial charge in [-0.3, -0.25) is 67.8 Å². The lowest BCUT2D eigenvalue weighted by Crippen LogP contribution is -2.45. The first-order valence-corrected chi connectivity index (χ1v) is 49.0. The monoisotopic (exact) mass is 2030 g/mol. The van der Waals surface area contributed by atoms with Gasteiger partial charge in [0.05, 0.1) is 105 Å². The van der Waals surface area contributed by atoms with Gasteiger partial charge < -0.3 is 119 Å². The van der Waals surface area contributed by atoms with Crippen molar-refractivity contribution in [2.24, 2.45) is 69.4 Å². The Hall–Kier alpha value is -13.5. The number of aliphatic hydroxyl groups is 4. The summed E-state index contributed by atoms with van der Waals surface area (Å²) in [6.45, 7) is 42.0. The Morgan fingerprint density at radius 3 is 1.32 bits per heavy atom. The number of anilines is 1. The van der Waals surface area contributed by atoms with Crippen LogP contribution < -0.4 is 30.7 Å². The first-order chi connectivity index (χ1) is 68.9. The molecule has 794 valence electrons.